The molecule has 13 N–H and O–H groups in total. The number of ether oxygens (including phenoxy) is 2. The summed E-state index contributed by atoms with van der Waals surface area (Å²) in [6.45, 7) is -1.17. The lowest BCUT2D eigenvalue weighted by Crippen LogP contribution is -2.33. The number of nitrogens with two attached hydrogens (primary N) is 1. The molecule has 2 saturated heterocycles. The number of imidazole rings is 2. The molecule has 59 heavy (non-hydrogen) atoms. The topological polar surface area (TPSA) is 468 Å². The summed E-state index contributed by atoms with van der Waals surface area (Å²) in [4.78, 5) is 76.4. The molecule has 0 amide bonds. The Hall–Kier alpha value is -2.12. The second-order valence-electron chi connectivity index (χ2n) is 11.9. The summed E-state index contributed by atoms with van der Waals surface area (Å²) >= 11 is 10.9. The normalized spacial score (nSPS) is 29.0. The van der Waals surface area contributed by atoms with Crippen molar-refractivity contribution in [2.75, 3.05) is 25.6 Å². The summed E-state index contributed by atoms with van der Waals surface area (Å²) in [7, 11) is -25.8. The first-order chi connectivity index (χ1) is 27.1. The molecular formula is C21H31ClN9O22P5S. The Morgan fingerprint density at radius 3 is 1.81 bits per heavy atom. The van der Waals surface area contributed by atoms with Gasteiger partial charge in [-0.1, -0.05) is 23.8 Å². The zero-order valence-electron chi connectivity index (χ0n) is 28.9. The van der Waals surface area contributed by atoms with Gasteiger partial charge in [0.1, 0.15) is 59.6 Å². The number of halogens is 1. The zero-order valence-corrected chi connectivity index (χ0v) is 34.9. The van der Waals surface area contributed by atoms with E-state index < -0.39 is 101 Å². The number of rotatable bonds is 14. The van der Waals surface area contributed by atoms with Crippen LogP contribution in [0.25, 0.3) is 22.3 Å². The average Bonchev–Trinajstić information content (AvgIpc) is 3.82. The fraction of sp³-hybridized carbons (Fsp3) is 0.524. The number of phosphoric ester groups is 2. The summed E-state index contributed by atoms with van der Waals surface area (Å²) < 4.78 is 90.3. The quantitative estimate of drug-likeness (QED) is 0.0413. The summed E-state index contributed by atoms with van der Waals surface area (Å²) in [6, 6.07) is 0. The predicted octanol–water partition coefficient (Wildman–Crippen LogP) is -0.919. The zero-order chi connectivity index (χ0) is 44.0. The van der Waals surface area contributed by atoms with Gasteiger partial charge >= 0.3 is 38.9 Å². The van der Waals surface area contributed by atoms with Crippen LogP contribution in [0, 0.1) is 4.64 Å². The van der Waals surface area contributed by atoms with Crippen molar-refractivity contribution in [3.63, 3.8) is 0 Å². The highest BCUT2D eigenvalue weighted by Gasteiger charge is 2.48. The Kier molecular flexibility index (Phi) is 14.6. The van der Waals surface area contributed by atoms with Gasteiger partial charge in [-0.2, -0.15) is 8.62 Å². The number of hydrogen-bond acceptors (Lipinski definition) is 23. The van der Waals surface area contributed by atoms with E-state index >= 15 is 0 Å². The molecule has 2 aliphatic heterocycles. The Bertz CT molecular complexity index is 2480. The fourth-order valence-corrected chi connectivity index (χ4v) is 10.7. The van der Waals surface area contributed by atoms with Crippen molar-refractivity contribution in [1.29, 1.82) is 0 Å². The summed E-state index contributed by atoms with van der Waals surface area (Å²) in [5.74, 6) is -0.0250. The van der Waals surface area contributed by atoms with Crippen molar-refractivity contribution in [2.24, 2.45) is 0 Å². The number of anilines is 1. The fourth-order valence-electron chi connectivity index (χ4n) is 5.20. The third-order valence-electron chi connectivity index (χ3n) is 7.48. The van der Waals surface area contributed by atoms with Crippen LogP contribution < -0.4 is 5.73 Å². The Balaban J connectivity index is 0.000000225. The molecule has 0 bridgehead atoms. The molecule has 12 atom stereocenters. The average molecular weight is 984 g/mol. The van der Waals surface area contributed by atoms with Gasteiger partial charge in [-0.3, -0.25) is 22.7 Å². The van der Waals surface area contributed by atoms with E-state index in [9.17, 15) is 57.9 Å². The number of nitrogens with one attached hydrogen (secondary N) is 1. The number of phosphoric acid groups is 4. The van der Waals surface area contributed by atoms with E-state index in [2.05, 4.69) is 51.9 Å². The van der Waals surface area contributed by atoms with Crippen LogP contribution in [-0.2, 0) is 54.3 Å². The van der Waals surface area contributed by atoms with Gasteiger partial charge in [0.25, 0.3) is 0 Å². The number of hydrogen-bond donors (Lipinski definition) is 12. The van der Waals surface area contributed by atoms with Gasteiger partial charge < -0.3 is 70.0 Å². The summed E-state index contributed by atoms with van der Waals surface area (Å²) in [6.07, 6.45) is -7.94. The van der Waals surface area contributed by atoms with Crippen LogP contribution in [0.4, 0.5) is 5.95 Å². The lowest BCUT2D eigenvalue weighted by Gasteiger charge is -2.19. The van der Waals surface area contributed by atoms with Gasteiger partial charge in [-0.05, 0) is 0 Å². The molecule has 2 fully saturated rings. The van der Waals surface area contributed by atoms with Crippen molar-refractivity contribution in [3.8, 4) is 0 Å². The minimum absolute atomic E-state index is 0.0250. The molecule has 0 spiro atoms. The number of aromatic amines is 1. The highest BCUT2D eigenvalue weighted by molar-refractivity contribution is 7.71. The molecule has 0 radical (unpaired) electrons. The second-order valence-corrected chi connectivity index (χ2v) is 20.5. The van der Waals surface area contributed by atoms with Crippen LogP contribution in [0.1, 0.15) is 12.5 Å². The van der Waals surface area contributed by atoms with E-state index in [1.807, 2.05) is 0 Å². The molecule has 0 saturated carbocycles. The third kappa shape index (κ3) is 12.1. The molecule has 4 aromatic heterocycles. The van der Waals surface area contributed by atoms with Crippen LogP contribution in [0.2, 0.25) is 5.15 Å². The number of H-pyrrole nitrogens is 1. The first-order valence-corrected chi connectivity index (χ1v) is 24.3. The Morgan fingerprint density at radius 2 is 1.27 bits per heavy atom. The van der Waals surface area contributed by atoms with E-state index in [0.29, 0.717) is 6.66 Å². The van der Waals surface area contributed by atoms with E-state index in [1.54, 1.807) is 0 Å². The number of nitrogens with zero attached hydrogens (tertiary/aromatic N) is 7. The largest absolute Gasteiger partial charge is 0.488 e. The van der Waals surface area contributed by atoms with Crippen molar-refractivity contribution >= 4 is 91.0 Å². The van der Waals surface area contributed by atoms with Gasteiger partial charge in [0.2, 0.25) is 0 Å². The number of nitrogen functional groups attached to an aromatic ring is 1. The Morgan fingerprint density at radius 1 is 0.763 bits per heavy atom. The first-order valence-electron chi connectivity index (χ1n) is 15.4. The number of aliphatic hydroxyl groups excluding tert-OH is 4. The molecule has 2 aliphatic rings. The molecular weight excluding hydrogens is 953 g/mol. The minimum Gasteiger partial charge on any atom is -0.387 e. The second kappa shape index (κ2) is 17.9. The van der Waals surface area contributed by atoms with E-state index in [-0.39, 0.29) is 38.1 Å². The van der Waals surface area contributed by atoms with Gasteiger partial charge in [0, 0.05) is 6.66 Å². The smallest absolute Gasteiger partial charge is 0.387 e. The van der Waals surface area contributed by atoms with E-state index in [4.69, 9.17) is 53.7 Å². The van der Waals surface area contributed by atoms with Crippen molar-refractivity contribution < 1.29 is 104 Å². The van der Waals surface area contributed by atoms with Crippen LogP contribution in [0.5, 0.6) is 0 Å². The Labute approximate surface area is 336 Å². The van der Waals surface area contributed by atoms with Gasteiger partial charge in [0.05, 0.1) is 25.9 Å². The van der Waals surface area contributed by atoms with Crippen LogP contribution in [-0.4, -0.2) is 145 Å². The van der Waals surface area contributed by atoms with Crippen LogP contribution >= 0.6 is 62.7 Å². The van der Waals surface area contributed by atoms with Gasteiger partial charge in [-0.15, -0.1) is 0 Å². The number of aromatic nitrogens is 8. The molecule has 31 nitrogen and oxygen atoms in total. The summed E-state index contributed by atoms with van der Waals surface area (Å²) in [5.41, 5.74) is 6.46. The SMILES string of the molecule is CP(=O)(O)OP(=O)(O)OP(=O)(O)OC[C@H]1O[C@@H](n2cnc3c(Cl)ncnc32)[C@H](O)[C@@H]1O.Nc1nc(=S)c2ncn([C@@H]3O[C@H](COP(=O)(O)OP(=O)(O)O)[C@@H](O)[C@H]3O)c2[nH]1. The molecule has 38 heteroatoms. The minimum atomic E-state index is -5.45. The lowest BCUT2D eigenvalue weighted by atomic mass is 10.1. The standard InChI is InChI=1S/C11H16ClN4O12P3.C10H15N5O10P2S/c1-29(19,20)27-31(23,24)28-30(21,22)25-2-5-7(17)8(18)11(26-5)16-4-15-6-9(12)13-3-14-10(6)16;11-10-13-7-4(8(28)14-10)12-2-15(7)9-6(17)5(16)3(24-9)1-23-27(21,22)25-26(18,19)20/h3-5,7-8,11,17-18H,2H2,1H3,(H,19,20)(H,21,22)(H,23,24);2-3,5-6,9,16-17H,1H2,(H,21,22)(H2,18,19,20)(H3,11,13,14,28)/t5-,7-,8-,11-;3-,5-,6-,9-/m11/s1. The first kappa shape index (κ1) is 47.9. The van der Waals surface area contributed by atoms with Gasteiger partial charge in [0.15, 0.2) is 33.8 Å². The van der Waals surface area contributed by atoms with E-state index in [0.717, 1.165) is 6.33 Å². The van der Waals surface area contributed by atoms with Gasteiger partial charge in [-0.25, -0.2) is 47.5 Å². The maximum atomic E-state index is 11.9. The van der Waals surface area contributed by atoms with Crippen molar-refractivity contribution in [1.82, 2.24) is 39.0 Å². The van der Waals surface area contributed by atoms with Crippen LogP contribution in [0.15, 0.2) is 19.0 Å². The molecule has 0 aromatic carbocycles. The number of aliphatic hydroxyl groups is 4. The highest BCUT2D eigenvalue weighted by atomic mass is 35.5. The molecule has 4 unspecified atom stereocenters. The van der Waals surface area contributed by atoms with Crippen LogP contribution in [0.3, 0.4) is 0 Å². The maximum absolute atomic E-state index is 11.9. The molecule has 6 rings (SSSR count). The monoisotopic (exact) mass is 983 g/mol. The molecule has 0 aliphatic carbocycles. The predicted molar refractivity (Wildman–Crippen MR) is 192 cm³/mol. The lowest BCUT2D eigenvalue weighted by molar-refractivity contribution is -0.0503. The molecule has 6 heterocycles. The van der Waals surface area contributed by atoms with Crippen molar-refractivity contribution in [3.05, 3.63) is 28.8 Å². The van der Waals surface area contributed by atoms with E-state index in [1.165, 1.54) is 21.8 Å². The third-order valence-corrected chi connectivity index (χ3v) is 14.4. The summed E-state index contributed by atoms with van der Waals surface area (Å²) in [5, 5.41) is 40.9. The highest BCUT2D eigenvalue weighted by Crippen LogP contribution is 2.66. The number of fused-ring (bicyclic) bond motifs is 2. The molecule has 4 aromatic rings. The van der Waals surface area contributed by atoms with Crippen molar-refractivity contribution in [2.45, 2.75) is 49.1 Å². The maximum Gasteiger partial charge on any atom is 0.488 e. The molecule has 330 valence electrons.